The zero-order valence-corrected chi connectivity index (χ0v) is 59.2. The number of hydrogen-bond donors (Lipinski definition) is 0. The molecule has 0 saturated carbocycles. The van der Waals surface area contributed by atoms with Gasteiger partial charge in [0.2, 0.25) is 11.8 Å². The molecule has 2 aliphatic rings. The minimum atomic E-state index is -1.25. The highest BCUT2D eigenvalue weighted by molar-refractivity contribution is 6.76. The van der Waals surface area contributed by atoms with E-state index in [1.165, 1.54) is 9.80 Å². The first-order valence-electron chi connectivity index (χ1n) is 32.0. The minimum absolute atomic E-state index is 0.0187. The number of nitrogens with zero attached hydrogens (tertiary/aromatic N) is 14. The van der Waals surface area contributed by atoms with Gasteiger partial charge < -0.3 is 28.7 Å². The van der Waals surface area contributed by atoms with Gasteiger partial charge in [0.05, 0.1) is 22.8 Å². The van der Waals surface area contributed by atoms with Crippen molar-refractivity contribution in [2.45, 2.75) is 171 Å². The van der Waals surface area contributed by atoms with Crippen LogP contribution < -0.4 is 9.80 Å². The number of aryl methyl sites for hydroxylation is 2. The molecule has 92 heavy (non-hydrogen) atoms. The molecule has 2 saturated heterocycles. The van der Waals surface area contributed by atoms with Crippen molar-refractivity contribution in [1.29, 1.82) is 0 Å². The first kappa shape index (κ1) is 68.3. The molecule has 10 rings (SSSR count). The Labute approximate surface area is 543 Å². The Bertz CT molecular complexity index is 3680. The molecule has 0 bridgehead atoms. The second-order valence-electron chi connectivity index (χ2n) is 29.1. The Morgan fingerprint density at radius 2 is 0.891 bits per heavy atom. The quantitative estimate of drug-likeness (QED) is 0.0577. The molecule has 0 unspecified atom stereocenters. The van der Waals surface area contributed by atoms with Gasteiger partial charge in [0.15, 0.2) is 11.3 Å². The standard InChI is InChI=1S/2C34H47N7O4Si/c2*1-23(2)29-30(25-10-12-27(13-11-25)39-15-14-38(20-28(39)42)33(43)45-34(4,5)6)37-41(22-44-16-17-46(7,8)9)31(29)26-18-24(3)32-35-21-36-40(32)19-26/h2*10-13,18-19,21,23H,14-17,20,22H2,1-9H3. The fourth-order valence-electron chi connectivity index (χ4n) is 11.2. The van der Waals surface area contributed by atoms with Crippen LogP contribution in [0.15, 0.2) is 85.7 Å². The number of fused-ring (bicyclic) bond motifs is 2. The lowest BCUT2D eigenvalue weighted by molar-refractivity contribution is -0.121. The number of carbonyl (C=O) groups is 4. The van der Waals surface area contributed by atoms with E-state index in [1.54, 1.807) is 22.5 Å². The first-order valence-corrected chi connectivity index (χ1v) is 39.4. The Morgan fingerprint density at radius 3 is 1.21 bits per heavy atom. The van der Waals surface area contributed by atoms with Crippen LogP contribution in [0.4, 0.5) is 21.0 Å². The van der Waals surface area contributed by atoms with Crippen LogP contribution in [0.2, 0.25) is 51.4 Å². The molecule has 22 nitrogen and oxygen atoms in total. The van der Waals surface area contributed by atoms with E-state index < -0.39 is 39.5 Å². The molecule has 2 aliphatic heterocycles. The first-order chi connectivity index (χ1) is 43.2. The maximum Gasteiger partial charge on any atom is 0.410 e. The summed E-state index contributed by atoms with van der Waals surface area (Å²) in [6.07, 6.45) is 6.22. The maximum absolute atomic E-state index is 13.1. The van der Waals surface area contributed by atoms with Crippen molar-refractivity contribution in [2.24, 2.45) is 0 Å². The third-order valence-electron chi connectivity index (χ3n) is 15.9. The van der Waals surface area contributed by atoms with Gasteiger partial charge in [0.25, 0.3) is 0 Å². The Morgan fingerprint density at radius 1 is 0.533 bits per heavy atom. The minimum Gasteiger partial charge on any atom is -0.444 e. The number of anilines is 2. The predicted octanol–water partition coefficient (Wildman–Crippen LogP) is 13.2. The number of hydrogen-bond acceptors (Lipinski definition) is 14. The van der Waals surface area contributed by atoms with E-state index in [-0.39, 0.29) is 36.7 Å². The Kier molecular flexibility index (Phi) is 20.5. The number of rotatable bonds is 18. The molecule has 0 radical (unpaired) electrons. The van der Waals surface area contributed by atoms with Crippen LogP contribution in [0.5, 0.6) is 0 Å². The summed E-state index contributed by atoms with van der Waals surface area (Å²) >= 11 is 0. The normalized spacial score (nSPS) is 14.5. The van der Waals surface area contributed by atoms with Crippen LogP contribution in [0.25, 0.3) is 56.3 Å². The summed E-state index contributed by atoms with van der Waals surface area (Å²) in [4.78, 5) is 66.4. The smallest absolute Gasteiger partial charge is 0.410 e. The highest BCUT2D eigenvalue weighted by Crippen LogP contribution is 2.41. The van der Waals surface area contributed by atoms with Crippen LogP contribution in [-0.2, 0) is 42.0 Å². The predicted molar refractivity (Wildman–Crippen MR) is 365 cm³/mol. The second kappa shape index (κ2) is 27.6. The number of pyridine rings is 2. The molecule has 8 aromatic rings. The number of aromatic nitrogens is 10. The van der Waals surface area contributed by atoms with E-state index in [9.17, 15) is 19.2 Å². The third-order valence-corrected chi connectivity index (χ3v) is 19.3. The molecule has 0 spiro atoms. The summed E-state index contributed by atoms with van der Waals surface area (Å²) in [7, 11) is -2.50. The topological polar surface area (TPSA) is 214 Å². The molecule has 24 heteroatoms. The van der Waals surface area contributed by atoms with E-state index in [4.69, 9.17) is 29.1 Å². The molecule has 4 amide bonds. The fraction of sp³-hybridized carbons (Fsp3) is 0.500. The van der Waals surface area contributed by atoms with E-state index in [0.29, 0.717) is 52.9 Å². The van der Waals surface area contributed by atoms with Gasteiger partial charge in [-0.1, -0.05) is 91.2 Å². The van der Waals surface area contributed by atoms with Gasteiger partial charge in [-0.2, -0.15) is 20.4 Å². The van der Waals surface area contributed by atoms with Crippen molar-refractivity contribution in [3.8, 4) is 45.0 Å². The fourth-order valence-corrected chi connectivity index (χ4v) is 12.7. The van der Waals surface area contributed by atoms with Crippen molar-refractivity contribution in [3.63, 3.8) is 0 Å². The highest BCUT2D eigenvalue weighted by atomic mass is 28.3. The van der Waals surface area contributed by atoms with Crippen molar-refractivity contribution in [3.05, 3.63) is 108 Å². The van der Waals surface area contributed by atoms with E-state index >= 15 is 0 Å². The van der Waals surface area contributed by atoms with E-state index in [0.717, 1.165) is 102 Å². The van der Waals surface area contributed by atoms with Crippen LogP contribution in [0.1, 0.15) is 103 Å². The van der Waals surface area contributed by atoms with E-state index in [1.807, 2.05) is 135 Å². The number of ether oxygens (including phenoxy) is 4. The second-order valence-corrected chi connectivity index (χ2v) is 40.3. The van der Waals surface area contributed by atoms with Crippen LogP contribution in [0, 0.1) is 13.8 Å². The van der Waals surface area contributed by atoms with Crippen molar-refractivity contribution in [1.82, 2.24) is 58.6 Å². The molecule has 2 fully saturated rings. The molecular formula is C68H94N14O8Si2. The zero-order valence-electron chi connectivity index (χ0n) is 57.2. The number of amides is 4. The average Bonchev–Trinajstić information content (AvgIpc) is 1.60. The molecule has 0 aliphatic carbocycles. The number of piperazine rings is 2. The van der Waals surface area contributed by atoms with Gasteiger partial charge in [-0.25, -0.2) is 38.0 Å². The summed E-state index contributed by atoms with van der Waals surface area (Å²) < 4.78 is 31.0. The lowest BCUT2D eigenvalue weighted by atomic mass is 9.93. The number of carbonyl (C=O) groups excluding carboxylic acids is 4. The van der Waals surface area contributed by atoms with Gasteiger partial charge >= 0.3 is 12.2 Å². The van der Waals surface area contributed by atoms with Crippen molar-refractivity contribution < 1.29 is 38.1 Å². The van der Waals surface area contributed by atoms with Gasteiger partial charge in [0, 0.05) is 113 Å². The lowest BCUT2D eigenvalue weighted by Crippen LogP contribution is -2.53. The zero-order chi connectivity index (χ0) is 66.8. The van der Waals surface area contributed by atoms with Gasteiger partial charge in [0.1, 0.15) is 50.4 Å². The highest BCUT2D eigenvalue weighted by Gasteiger charge is 2.34. The summed E-state index contributed by atoms with van der Waals surface area (Å²) in [6.45, 7) is 41.4. The Balaban J connectivity index is 0.000000217. The molecule has 2 aromatic carbocycles. The Hall–Kier alpha value is -8.07. The summed E-state index contributed by atoms with van der Waals surface area (Å²) in [5, 5.41) is 19.1. The SMILES string of the molecule is Cc1cc(-c2c(C(C)C)c(-c3ccc(N4CCN(C(=O)OC(C)(C)C)CC4=O)cc3)nn2COCC[Si](C)(C)C)cn2ncnc12.Cc1cc(-c2c(C(C)C)c(-c3ccc(N4CCN(C(=O)OC(C)(C)C)CC4=O)cc3)nn2COCC[Si](C)(C)C)cn2ncnc12. The lowest BCUT2D eigenvalue weighted by Gasteiger charge is -2.35. The molecule has 6 aromatic heterocycles. The van der Waals surface area contributed by atoms with Crippen LogP contribution >= 0.6 is 0 Å². The molecule has 0 N–H and O–H groups in total. The van der Waals surface area contributed by atoms with Crippen LogP contribution in [0.3, 0.4) is 0 Å². The van der Waals surface area contributed by atoms with Crippen molar-refractivity contribution >= 4 is 62.8 Å². The molecule has 8 heterocycles. The molecule has 0 atom stereocenters. The summed E-state index contributed by atoms with van der Waals surface area (Å²) in [5.74, 6) is 0.0339. The summed E-state index contributed by atoms with van der Waals surface area (Å²) in [6, 6.07) is 22.3. The average molecular weight is 1290 g/mol. The summed E-state index contributed by atoms with van der Waals surface area (Å²) in [5.41, 5.74) is 13.9. The molecule has 492 valence electrons. The third kappa shape index (κ3) is 16.6. The van der Waals surface area contributed by atoms with Gasteiger partial charge in [-0.15, -0.1) is 0 Å². The van der Waals surface area contributed by atoms with Crippen molar-refractivity contribution in [2.75, 3.05) is 62.3 Å². The maximum atomic E-state index is 13.1. The monoisotopic (exact) mass is 1290 g/mol. The van der Waals surface area contributed by atoms with Gasteiger partial charge in [-0.05, 0) is 127 Å². The van der Waals surface area contributed by atoms with E-state index in [2.05, 4.69) is 99.3 Å². The van der Waals surface area contributed by atoms with Crippen LogP contribution in [-0.4, -0.2) is 162 Å². The van der Waals surface area contributed by atoms with Gasteiger partial charge in [-0.3, -0.25) is 19.4 Å². The molecular weight excluding hydrogens is 1200 g/mol. The number of benzene rings is 2. The largest absolute Gasteiger partial charge is 0.444 e.